The first-order valence-corrected chi connectivity index (χ1v) is 8.71. The first kappa shape index (κ1) is 21.0. The lowest BCUT2D eigenvalue weighted by molar-refractivity contribution is -0.139. The van der Waals surface area contributed by atoms with Crippen molar-refractivity contribution < 1.29 is 14.7 Å². The molecule has 0 saturated carbocycles. The van der Waals surface area contributed by atoms with E-state index >= 15 is 0 Å². The number of nitrogens with two attached hydrogens (primary N) is 1. The van der Waals surface area contributed by atoms with Gasteiger partial charge in [0.15, 0.2) is 0 Å². The predicted molar refractivity (Wildman–Crippen MR) is 108 cm³/mol. The molecule has 1 amide bonds. The minimum absolute atomic E-state index is 0. The summed E-state index contributed by atoms with van der Waals surface area (Å²) in [6.45, 7) is 0.750. The topological polar surface area (TPSA) is 83.6 Å². The third kappa shape index (κ3) is 4.16. The van der Waals surface area contributed by atoms with Gasteiger partial charge in [-0.15, -0.1) is 12.4 Å². The zero-order valence-electron chi connectivity index (χ0n) is 14.5. The van der Waals surface area contributed by atoms with Crippen LogP contribution in [0.4, 0.5) is 0 Å². The number of aliphatic hydroxyl groups excluding tert-OH is 1. The molecule has 142 valence electrons. The molecule has 1 aliphatic heterocycles. The lowest BCUT2D eigenvalue weighted by Crippen LogP contribution is -2.31. The van der Waals surface area contributed by atoms with Gasteiger partial charge in [0.1, 0.15) is 5.76 Å². The summed E-state index contributed by atoms with van der Waals surface area (Å²) in [6.07, 6.45) is 0.567. The Hall–Kier alpha value is -2.34. The first-order chi connectivity index (χ1) is 12.5. The number of carbonyl (C=O) groups excluding carboxylic acids is 2. The van der Waals surface area contributed by atoms with E-state index in [2.05, 4.69) is 0 Å². The van der Waals surface area contributed by atoms with Crippen LogP contribution in [0.1, 0.15) is 23.6 Å². The molecule has 5 nitrogen and oxygen atoms in total. The van der Waals surface area contributed by atoms with Gasteiger partial charge in [-0.1, -0.05) is 41.9 Å². The van der Waals surface area contributed by atoms with Crippen molar-refractivity contribution in [2.45, 2.75) is 12.5 Å². The van der Waals surface area contributed by atoms with Crippen molar-refractivity contribution >= 4 is 41.5 Å². The normalized spacial score (nSPS) is 18.4. The van der Waals surface area contributed by atoms with E-state index in [1.807, 2.05) is 30.3 Å². The monoisotopic (exact) mass is 406 g/mol. The summed E-state index contributed by atoms with van der Waals surface area (Å²) in [5.74, 6) is -1.52. The average Bonchev–Trinajstić information content (AvgIpc) is 2.91. The van der Waals surface area contributed by atoms with Gasteiger partial charge in [-0.2, -0.15) is 0 Å². The standard InChI is InChI=1S/C20H19ClN2O3.ClH/c21-15-9-7-14(8-10-15)18(24)16-17(13-5-2-1-3-6-13)23(12-4-11-22)20(26)19(16)25;/h1-3,5-10,17,24H,4,11-12,22H2;1H/b18-16+;. The van der Waals surface area contributed by atoms with Crippen LogP contribution in [0.25, 0.3) is 5.76 Å². The number of rotatable bonds is 5. The van der Waals surface area contributed by atoms with Crippen LogP contribution in [0.5, 0.6) is 0 Å². The number of hydrogen-bond acceptors (Lipinski definition) is 4. The molecule has 0 aliphatic carbocycles. The quantitative estimate of drug-likeness (QED) is 0.451. The number of nitrogens with zero attached hydrogens (tertiary/aromatic N) is 1. The Morgan fingerprint density at radius 2 is 1.70 bits per heavy atom. The van der Waals surface area contributed by atoms with Crippen LogP contribution in [0.15, 0.2) is 60.2 Å². The van der Waals surface area contributed by atoms with Gasteiger partial charge >= 0.3 is 0 Å². The number of amides is 1. The second-order valence-corrected chi connectivity index (χ2v) is 6.49. The molecule has 0 radical (unpaired) electrons. The number of ketones is 1. The van der Waals surface area contributed by atoms with Gasteiger partial charge in [-0.25, -0.2) is 0 Å². The van der Waals surface area contributed by atoms with Crippen LogP contribution >= 0.6 is 24.0 Å². The molecule has 1 fully saturated rings. The number of halogens is 2. The van der Waals surface area contributed by atoms with E-state index in [4.69, 9.17) is 17.3 Å². The van der Waals surface area contributed by atoms with Crippen LogP contribution in [-0.2, 0) is 9.59 Å². The average molecular weight is 407 g/mol. The van der Waals surface area contributed by atoms with Crippen molar-refractivity contribution in [2.75, 3.05) is 13.1 Å². The highest BCUT2D eigenvalue weighted by atomic mass is 35.5. The summed E-state index contributed by atoms with van der Waals surface area (Å²) in [7, 11) is 0. The summed E-state index contributed by atoms with van der Waals surface area (Å²) < 4.78 is 0. The third-order valence-electron chi connectivity index (χ3n) is 4.38. The predicted octanol–water partition coefficient (Wildman–Crippen LogP) is 3.53. The van der Waals surface area contributed by atoms with Crippen molar-refractivity contribution in [3.05, 3.63) is 76.3 Å². The molecular formula is C20H20Cl2N2O3. The Kier molecular flexibility index (Phi) is 7.02. The zero-order valence-corrected chi connectivity index (χ0v) is 16.0. The van der Waals surface area contributed by atoms with Crippen molar-refractivity contribution in [2.24, 2.45) is 5.73 Å². The van der Waals surface area contributed by atoms with Crippen molar-refractivity contribution in [1.29, 1.82) is 0 Å². The molecule has 0 spiro atoms. The molecule has 0 bridgehead atoms. The summed E-state index contributed by atoms with van der Waals surface area (Å²) in [6, 6.07) is 15.0. The molecular weight excluding hydrogens is 387 g/mol. The van der Waals surface area contributed by atoms with Crippen LogP contribution < -0.4 is 5.73 Å². The number of Topliss-reactive ketones (excluding diaryl/α,β-unsaturated/α-hetero) is 1. The van der Waals surface area contributed by atoms with E-state index < -0.39 is 17.7 Å². The van der Waals surface area contributed by atoms with Gasteiger partial charge in [0.2, 0.25) is 0 Å². The lowest BCUT2D eigenvalue weighted by atomic mass is 9.95. The zero-order chi connectivity index (χ0) is 18.7. The van der Waals surface area contributed by atoms with Crippen LogP contribution in [0, 0.1) is 0 Å². The molecule has 1 aliphatic rings. The second kappa shape index (κ2) is 9.04. The van der Waals surface area contributed by atoms with E-state index in [1.165, 1.54) is 4.90 Å². The minimum atomic E-state index is -0.691. The Morgan fingerprint density at radius 3 is 2.30 bits per heavy atom. The summed E-state index contributed by atoms with van der Waals surface area (Å²) in [5, 5.41) is 11.3. The van der Waals surface area contributed by atoms with Gasteiger partial charge in [0.25, 0.3) is 11.7 Å². The molecule has 7 heteroatoms. The first-order valence-electron chi connectivity index (χ1n) is 8.34. The van der Waals surface area contributed by atoms with E-state index in [-0.39, 0.29) is 23.7 Å². The SMILES string of the molecule is Cl.NCCCN1C(=O)C(=O)/C(=C(/O)c2ccc(Cl)cc2)C1c1ccccc1. The molecule has 1 unspecified atom stereocenters. The van der Waals surface area contributed by atoms with E-state index in [1.54, 1.807) is 24.3 Å². The molecule has 3 rings (SSSR count). The molecule has 2 aromatic carbocycles. The van der Waals surface area contributed by atoms with Crippen LogP contribution in [0.2, 0.25) is 5.02 Å². The Bertz CT molecular complexity index is 851. The molecule has 27 heavy (non-hydrogen) atoms. The molecule has 1 saturated heterocycles. The van der Waals surface area contributed by atoms with E-state index in [0.29, 0.717) is 30.1 Å². The maximum Gasteiger partial charge on any atom is 0.295 e. The smallest absolute Gasteiger partial charge is 0.295 e. The highest BCUT2D eigenvalue weighted by Gasteiger charge is 2.45. The minimum Gasteiger partial charge on any atom is -0.507 e. The molecule has 1 atom stereocenters. The summed E-state index contributed by atoms with van der Waals surface area (Å²) >= 11 is 5.89. The molecule has 0 aromatic heterocycles. The highest BCUT2D eigenvalue weighted by Crippen LogP contribution is 2.39. The lowest BCUT2D eigenvalue weighted by Gasteiger charge is -2.25. The number of carbonyl (C=O) groups is 2. The number of benzene rings is 2. The second-order valence-electron chi connectivity index (χ2n) is 6.05. The molecule has 2 aromatic rings. The van der Waals surface area contributed by atoms with E-state index in [9.17, 15) is 14.7 Å². The van der Waals surface area contributed by atoms with Crippen molar-refractivity contribution in [1.82, 2.24) is 4.90 Å². The fourth-order valence-corrected chi connectivity index (χ4v) is 3.24. The van der Waals surface area contributed by atoms with Crippen molar-refractivity contribution in [3.8, 4) is 0 Å². The van der Waals surface area contributed by atoms with Crippen molar-refractivity contribution in [3.63, 3.8) is 0 Å². The summed E-state index contributed by atoms with van der Waals surface area (Å²) in [4.78, 5) is 26.7. The maximum atomic E-state index is 12.7. The van der Waals surface area contributed by atoms with Gasteiger partial charge in [-0.3, -0.25) is 9.59 Å². The largest absolute Gasteiger partial charge is 0.507 e. The highest BCUT2D eigenvalue weighted by molar-refractivity contribution is 6.46. The van der Waals surface area contributed by atoms with Gasteiger partial charge in [0.05, 0.1) is 11.6 Å². The van der Waals surface area contributed by atoms with Crippen LogP contribution in [-0.4, -0.2) is 34.8 Å². The number of likely N-dealkylation sites (tertiary alicyclic amines) is 1. The maximum absolute atomic E-state index is 12.7. The Balaban J connectivity index is 0.00000261. The number of hydrogen-bond donors (Lipinski definition) is 2. The summed E-state index contributed by atoms with van der Waals surface area (Å²) in [5.41, 5.74) is 6.86. The fourth-order valence-electron chi connectivity index (χ4n) is 3.12. The number of aliphatic hydroxyl groups is 1. The van der Waals surface area contributed by atoms with Crippen LogP contribution in [0.3, 0.4) is 0 Å². The van der Waals surface area contributed by atoms with Gasteiger partial charge < -0.3 is 15.7 Å². The third-order valence-corrected chi connectivity index (χ3v) is 4.63. The van der Waals surface area contributed by atoms with Gasteiger partial charge in [-0.05, 0) is 42.8 Å². The van der Waals surface area contributed by atoms with Gasteiger partial charge in [0, 0.05) is 17.1 Å². The molecule has 1 heterocycles. The fraction of sp³-hybridized carbons (Fsp3) is 0.200. The molecule has 3 N–H and O–H groups in total. The van der Waals surface area contributed by atoms with E-state index in [0.717, 1.165) is 5.56 Å². The Labute approximate surface area is 168 Å². The Morgan fingerprint density at radius 1 is 1.07 bits per heavy atom.